The summed E-state index contributed by atoms with van der Waals surface area (Å²) in [6.45, 7) is 3.16. The third-order valence-corrected chi connectivity index (χ3v) is 5.45. The number of ether oxygens (including phenoxy) is 1. The van der Waals surface area contributed by atoms with E-state index in [-0.39, 0.29) is 17.9 Å². The number of halogens is 1. The number of carbonyl (C=O) groups excluding carboxylic acids is 1. The van der Waals surface area contributed by atoms with Crippen molar-refractivity contribution >= 4 is 27.5 Å². The van der Waals surface area contributed by atoms with E-state index in [1.54, 1.807) is 0 Å². The van der Waals surface area contributed by atoms with Crippen LogP contribution < -0.4 is 10.2 Å². The standard InChI is InChI=1S/C19H19BrN2O2/c20-14-6-7-16-15(12-14)17(13-4-2-1-3-5-13)18(19(23)21-16)22-8-10-24-11-9-22/h1-7,12,17-18H,8-11H2,(H,21,23)/p+1/t17-,18-/m1/s1. The van der Waals surface area contributed by atoms with E-state index in [1.165, 1.54) is 16.0 Å². The fourth-order valence-electron chi connectivity index (χ4n) is 3.84. The van der Waals surface area contributed by atoms with Gasteiger partial charge in [-0.15, -0.1) is 0 Å². The molecule has 0 radical (unpaired) electrons. The van der Waals surface area contributed by atoms with Gasteiger partial charge in [0.1, 0.15) is 13.1 Å². The number of benzene rings is 2. The van der Waals surface area contributed by atoms with E-state index in [0.717, 1.165) is 23.2 Å². The molecule has 0 spiro atoms. The number of quaternary nitrogens is 1. The number of amides is 1. The van der Waals surface area contributed by atoms with Gasteiger partial charge in [0, 0.05) is 10.2 Å². The molecule has 4 rings (SSSR count). The Kier molecular flexibility index (Phi) is 4.39. The van der Waals surface area contributed by atoms with Crippen molar-refractivity contribution in [3.63, 3.8) is 0 Å². The molecule has 24 heavy (non-hydrogen) atoms. The topological polar surface area (TPSA) is 42.8 Å². The fraction of sp³-hybridized carbons (Fsp3) is 0.316. The average Bonchev–Trinajstić information content (AvgIpc) is 2.62. The molecule has 0 aromatic heterocycles. The van der Waals surface area contributed by atoms with Crippen LogP contribution in [-0.4, -0.2) is 38.3 Å². The van der Waals surface area contributed by atoms with Gasteiger partial charge in [-0.1, -0.05) is 46.3 Å². The molecule has 0 unspecified atom stereocenters. The maximum absolute atomic E-state index is 12.9. The summed E-state index contributed by atoms with van der Waals surface area (Å²) >= 11 is 3.58. The van der Waals surface area contributed by atoms with Crippen LogP contribution in [0.15, 0.2) is 53.0 Å². The summed E-state index contributed by atoms with van der Waals surface area (Å²) in [5.41, 5.74) is 3.29. The van der Waals surface area contributed by atoms with Crippen molar-refractivity contribution < 1.29 is 14.4 Å². The molecule has 0 saturated carbocycles. The highest BCUT2D eigenvalue weighted by atomic mass is 79.9. The highest BCUT2D eigenvalue weighted by molar-refractivity contribution is 9.10. The van der Waals surface area contributed by atoms with Crippen molar-refractivity contribution in [2.75, 3.05) is 31.6 Å². The molecule has 2 aromatic rings. The van der Waals surface area contributed by atoms with Crippen molar-refractivity contribution in [3.8, 4) is 0 Å². The normalized spacial score (nSPS) is 24.3. The maximum Gasteiger partial charge on any atom is 0.283 e. The van der Waals surface area contributed by atoms with E-state index in [1.807, 2.05) is 30.3 Å². The van der Waals surface area contributed by atoms with Crippen LogP contribution in [0.1, 0.15) is 17.0 Å². The molecule has 1 amide bonds. The van der Waals surface area contributed by atoms with E-state index in [0.29, 0.717) is 13.2 Å². The first-order valence-corrected chi connectivity index (χ1v) is 9.11. The quantitative estimate of drug-likeness (QED) is 0.825. The van der Waals surface area contributed by atoms with Gasteiger partial charge in [-0.25, -0.2) is 0 Å². The lowest BCUT2D eigenvalue weighted by Gasteiger charge is -2.39. The summed E-state index contributed by atoms with van der Waals surface area (Å²) in [6, 6.07) is 16.3. The monoisotopic (exact) mass is 387 g/mol. The van der Waals surface area contributed by atoms with Gasteiger partial charge in [-0.05, 0) is 29.3 Å². The largest absolute Gasteiger partial charge is 0.370 e. The maximum atomic E-state index is 12.9. The molecular formula is C19H20BrN2O2+. The van der Waals surface area contributed by atoms with Crippen LogP contribution in [0.2, 0.25) is 0 Å². The summed E-state index contributed by atoms with van der Waals surface area (Å²) in [6.07, 6.45) is 0. The summed E-state index contributed by atoms with van der Waals surface area (Å²) in [5, 5.41) is 3.11. The Bertz CT molecular complexity index is 744. The molecular weight excluding hydrogens is 368 g/mol. The highest BCUT2D eigenvalue weighted by Crippen LogP contribution is 2.37. The molecule has 0 bridgehead atoms. The molecule has 1 fully saturated rings. The molecule has 1 saturated heterocycles. The lowest BCUT2D eigenvalue weighted by Crippen LogP contribution is -3.19. The number of anilines is 1. The third-order valence-electron chi connectivity index (χ3n) is 4.96. The smallest absolute Gasteiger partial charge is 0.283 e. The first-order valence-electron chi connectivity index (χ1n) is 8.31. The molecule has 2 heterocycles. The van der Waals surface area contributed by atoms with Crippen molar-refractivity contribution in [2.24, 2.45) is 0 Å². The zero-order chi connectivity index (χ0) is 16.5. The molecule has 0 aliphatic carbocycles. The van der Waals surface area contributed by atoms with Gasteiger partial charge in [-0.3, -0.25) is 4.79 Å². The van der Waals surface area contributed by atoms with E-state index in [9.17, 15) is 4.79 Å². The van der Waals surface area contributed by atoms with Crippen LogP contribution in [0.5, 0.6) is 0 Å². The van der Waals surface area contributed by atoms with Crippen LogP contribution >= 0.6 is 15.9 Å². The number of nitrogens with one attached hydrogen (secondary N) is 2. The van der Waals surface area contributed by atoms with Crippen LogP contribution in [0.25, 0.3) is 0 Å². The molecule has 2 aliphatic rings. The van der Waals surface area contributed by atoms with Crippen molar-refractivity contribution in [2.45, 2.75) is 12.0 Å². The van der Waals surface area contributed by atoms with Crippen LogP contribution in [0.3, 0.4) is 0 Å². The van der Waals surface area contributed by atoms with Crippen LogP contribution in [0.4, 0.5) is 5.69 Å². The Labute approximate surface area is 149 Å². The molecule has 2 atom stereocenters. The van der Waals surface area contributed by atoms with E-state index >= 15 is 0 Å². The minimum atomic E-state index is -0.127. The Morgan fingerprint density at radius 2 is 1.83 bits per heavy atom. The van der Waals surface area contributed by atoms with Gasteiger partial charge in [-0.2, -0.15) is 0 Å². The number of hydrogen-bond acceptors (Lipinski definition) is 2. The zero-order valence-corrected chi connectivity index (χ0v) is 14.9. The summed E-state index contributed by atoms with van der Waals surface area (Å²) in [7, 11) is 0. The predicted octanol–water partition coefficient (Wildman–Crippen LogP) is 1.82. The van der Waals surface area contributed by atoms with Crippen molar-refractivity contribution in [1.82, 2.24) is 0 Å². The lowest BCUT2D eigenvalue weighted by molar-refractivity contribution is -0.924. The Morgan fingerprint density at radius 3 is 2.58 bits per heavy atom. The van der Waals surface area contributed by atoms with Gasteiger partial charge in [0.2, 0.25) is 0 Å². The van der Waals surface area contributed by atoms with Crippen LogP contribution in [-0.2, 0) is 9.53 Å². The summed E-state index contributed by atoms with van der Waals surface area (Å²) < 4.78 is 6.53. The van der Waals surface area contributed by atoms with Gasteiger partial charge in [0.25, 0.3) is 5.91 Å². The molecule has 124 valence electrons. The third kappa shape index (κ3) is 2.88. The van der Waals surface area contributed by atoms with Gasteiger partial charge >= 0.3 is 0 Å². The molecule has 2 aliphatic heterocycles. The second-order valence-electron chi connectivity index (χ2n) is 6.36. The SMILES string of the molecule is O=C1Nc2ccc(Br)cc2[C@@H](c2ccccc2)[C@H]1[NH+]1CCOCC1. The van der Waals surface area contributed by atoms with Gasteiger partial charge < -0.3 is 15.0 Å². The summed E-state index contributed by atoms with van der Waals surface area (Å²) in [4.78, 5) is 14.2. The average molecular weight is 388 g/mol. The highest BCUT2D eigenvalue weighted by Gasteiger charge is 2.44. The van der Waals surface area contributed by atoms with Gasteiger partial charge in [0.05, 0.1) is 19.1 Å². The second kappa shape index (κ2) is 6.67. The Hall–Kier alpha value is -1.69. The fourth-order valence-corrected chi connectivity index (χ4v) is 4.22. The number of rotatable bonds is 2. The number of morpholine rings is 1. The minimum Gasteiger partial charge on any atom is -0.370 e. The van der Waals surface area contributed by atoms with E-state index < -0.39 is 0 Å². The molecule has 4 nitrogen and oxygen atoms in total. The molecule has 2 aromatic carbocycles. The number of hydrogen-bond donors (Lipinski definition) is 2. The van der Waals surface area contributed by atoms with E-state index in [4.69, 9.17) is 4.74 Å². The first kappa shape index (κ1) is 15.8. The lowest BCUT2D eigenvalue weighted by atomic mass is 9.80. The molecule has 5 heteroatoms. The minimum absolute atomic E-state index is 0.0561. The summed E-state index contributed by atoms with van der Waals surface area (Å²) in [5.74, 6) is 0.163. The van der Waals surface area contributed by atoms with Gasteiger partial charge in [0.15, 0.2) is 6.04 Å². The van der Waals surface area contributed by atoms with Crippen LogP contribution in [0, 0.1) is 0 Å². The molecule has 2 N–H and O–H groups in total. The number of fused-ring (bicyclic) bond motifs is 1. The number of carbonyl (C=O) groups is 1. The Balaban J connectivity index is 1.83. The Morgan fingerprint density at radius 1 is 1.08 bits per heavy atom. The van der Waals surface area contributed by atoms with Crippen molar-refractivity contribution in [1.29, 1.82) is 0 Å². The zero-order valence-electron chi connectivity index (χ0n) is 13.3. The van der Waals surface area contributed by atoms with Crippen molar-refractivity contribution in [3.05, 3.63) is 64.1 Å². The predicted molar refractivity (Wildman–Crippen MR) is 96.4 cm³/mol. The second-order valence-corrected chi connectivity index (χ2v) is 7.27. The van der Waals surface area contributed by atoms with E-state index in [2.05, 4.69) is 39.4 Å². The first-order chi connectivity index (χ1) is 11.7.